The minimum Gasteiger partial charge on any atom is -0.487 e. The van der Waals surface area contributed by atoms with Crippen LogP contribution < -0.4 is 20.5 Å². The minimum atomic E-state index is -0.182. The fraction of sp³-hybridized carbons (Fsp3) is 0.200. The van der Waals surface area contributed by atoms with E-state index in [-0.39, 0.29) is 23.1 Å². The van der Waals surface area contributed by atoms with E-state index in [0.717, 1.165) is 49.8 Å². The van der Waals surface area contributed by atoms with Crippen molar-refractivity contribution in [3.63, 3.8) is 0 Å². The maximum absolute atomic E-state index is 6.86. The first-order valence-electron chi connectivity index (χ1n) is 23.3. The molecular formula is C60H49BN2O2. The van der Waals surface area contributed by atoms with E-state index in [9.17, 15) is 0 Å². The van der Waals surface area contributed by atoms with Crippen molar-refractivity contribution in [3.05, 3.63) is 167 Å². The Hall–Kier alpha value is -6.98. The van der Waals surface area contributed by atoms with Gasteiger partial charge in [0.25, 0.3) is 0 Å². The van der Waals surface area contributed by atoms with Crippen LogP contribution in [-0.4, -0.2) is 11.4 Å². The molecule has 2 aromatic heterocycles. The molecule has 0 spiro atoms. The number of rotatable bonds is 1. The molecule has 0 unspecified atom stereocenters. The Bertz CT molecular complexity index is 3780. The monoisotopic (exact) mass is 840 g/mol. The molecule has 14 rings (SSSR count). The molecular weight excluding hydrogens is 791 g/mol. The van der Waals surface area contributed by atoms with Gasteiger partial charge in [-0.25, -0.2) is 0 Å². The van der Waals surface area contributed by atoms with Crippen LogP contribution in [0.2, 0.25) is 0 Å². The maximum atomic E-state index is 6.86. The molecule has 5 heterocycles. The van der Waals surface area contributed by atoms with Gasteiger partial charge in [-0.1, -0.05) is 146 Å². The topological polar surface area (TPSA) is 30.5 Å². The lowest BCUT2D eigenvalue weighted by molar-refractivity contribution is 0.306. The van der Waals surface area contributed by atoms with E-state index in [1.165, 1.54) is 88.8 Å². The highest BCUT2D eigenvalue weighted by molar-refractivity contribution is 6.94. The molecule has 0 amide bonds. The van der Waals surface area contributed by atoms with Crippen molar-refractivity contribution in [1.29, 1.82) is 0 Å². The second-order valence-electron chi connectivity index (χ2n) is 21.7. The number of furan rings is 1. The molecule has 10 aromatic rings. The second kappa shape index (κ2) is 12.2. The number of aromatic nitrogens is 1. The van der Waals surface area contributed by atoms with Gasteiger partial charge in [-0.2, -0.15) is 0 Å². The van der Waals surface area contributed by atoms with Crippen molar-refractivity contribution in [1.82, 2.24) is 4.57 Å². The number of anilines is 2. The third-order valence-corrected chi connectivity index (χ3v) is 15.6. The van der Waals surface area contributed by atoms with E-state index >= 15 is 0 Å². The predicted octanol–water partition coefficient (Wildman–Crippen LogP) is 14.4. The van der Waals surface area contributed by atoms with Gasteiger partial charge in [0, 0.05) is 55.8 Å². The molecule has 0 saturated heterocycles. The van der Waals surface area contributed by atoms with Crippen LogP contribution in [0.1, 0.15) is 83.2 Å². The first kappa shape index (κ1) is 37.4. The maximum Gasteiger partial charge on any atom is 0.333 e. The summed E-state index contributed by atoms with van der Waals surface area (Å²) in [4.78, 5) is 2.68. The van der Waals surface area contributed by atoms with Crippen molar-refractivity contribution in [2.24, 2.45) is 0 Å². The number of hydrogen-bond donors (Lipinski definition) is 0. The lowest BCUT2D eigenvalue weighted by atomic mass is 9.44. The summed E-state index contributed by atoms with van der Waals surface area (Å²) in [6.45, 7) is 19.1. The molecule has 0 atom stereocenters. The molecule has 0 radical (unpaired) electrons. The van der Waals surface area contributed by atoms with Crippen molar-refractivity contribution < 1.29 is 9.15 Å². The first-order chi connectivity index (χ1) is 31.3. The Labute approximate surface area is 380 Å². The second-order valence-corrected chi connectivity index (χ2v) is 21.7. The summed E-state index contributed by atoms with van der Waals surface area (Å²) in [6, 6.07) is 53.2. The SMILES string of the molecule is CC(C)(C)c1ccc(N2B3c4cc5c(cc4-n4c6ccc7c(c6c6ccc(c3c64)-c3cc4c(cc32)C(C)(C)c2ccc(C(C)(C)C)cc2-4)OCc2ccccc2-7)oc2ccccc25)cc1. The van der Waals surface area contributed by atoms with Crippen molar-refractivity contribution in [3.8, 4) is 44.8 Å². The average molecular weight is 841 g/mol. The van der Waals surface area contributed by atoms with Gasteiger partial charge in [-0.3, -0.25) is 0 Å². The van der Waals surface area contributed by atoms with Gasteiger partial charge >= 0.3 is 6.85 Å². The predicted molar refractivity (Wildman–Crippen MR) is 272 cm³/mol. The van der Waals surface area contributed by atoms with Gasteiger partial charge in [-0.05, 0) is 114 Å². The summed E-state index contributed by atoms with van der Waals surface area (Å²) in [5.41, 5.74) is 24.5. The van der Waals surface area contributed by atoms with E-state index in [2.05, 4.69) is 204 Å². The molecule has 1 aliphatic carbocycles. The van der Waals surface area contributed by atoms with Crippen LogP contribution in [0.4, 0.5) is 11.4 Å². The molecule has 8 aromatic carbocycles. The Balaban J connectivity index is 1.14. The Kier molecular flexibility index (Phi) is 7.03. The average Bonchev–Trinajstić information content (AvgIpc) is 3.91. The summed E-state index contributed by atoms with van der Waals surface area (Å²) in [7, 11) is 0. The smallest absolute Gasteiger partial charge is 0.333 e. The summed E-state index contributed by atoms with van der Waals surface area (Å²) in [5, 5.41) is 4.65. The van der Waals surface area contributed by atoms with Gasteiger partial charge in [0.15, 0.2) is 0 Å². The number of para-hydroxylation sites is 1. The van der Waals surface area contributed by atoms with E-state index in [1.54, 1.807) is 0 Å². The molecule has 65 heavy (non-hydrogen) atoms. The van der Waals surface area contributed by atoms with Crippen LogP contribution in [0.25, 0.3) is 82.8 Å². The van der Waals surface area contributed by atoms with Gasteiger partial charge in [-0.15, -0.1) is 0 Å². The molecule has 0 N–H and O–H groups in total. The largest absolute Gasteiger partial charge is 0.487 e. The summed E-state index contributed by atoms with van der Waals surface area (Å²) in [6.07, 6.45) is 0. The normalized spacial score (nSPS) is 15.2. The lowest BCUT2D eigenvalue weighted by Crippen LogP contribution is -2.60. The standard InChI is InChI=1S/C60H49BN2O2/c1-58(2,3)34-17-20-36(21-18-34)63-50-30-47-43(42-27-35(59(4,5)6)19-25-46(42)60(47,7)8)28-44(50)39-22-23-41-54-49(26-24-40-37-14-10-9-13-33(37)32-64-57(40)54)62-51-31-53-45(38-15-11-12-16-52(38)65-53)29-48(51)61(63)55(39)56(41)62/h9-31H,32H2,1-8H3. The van der Waals surface area contributed by atoms with Crippen molar-refractivity contribution in [2.45, 2.75) is 78.2 Å². The van der Waals surface area contributed by atoms with E-state index in [1.807, 2.05) is 0 Å². The Morgan fingerprint density at radius 2 is 1.29 bits per heavy atom. The zero-order chi connectivity index (χ0) is 44.1. The third-order valence-electron chi connectivity index (χ3n) is 15.6. The molecule has 5 heteroatoms. The number of nitrogens with zero attached hydrogens (tertiary/aromatic N) is 2. The van der Waals surface area contributed by atoms with Crippen LogP contribution >= 0.6 is 0 Å². The molecule has 0 saturated carbocycles. The molecule has 4 aliphatic rings. The highest BCUT2D eigenvalue weighted by Crippen LogP contribution is 2.56. The minimum absolute atomic E-state index is 0.0215. The van der Waals surface area contributed by atoms with Crippen LogP contribution in [0, 0.1) is 0 Å². The van der Waals surface area contributed by atoms with Crippen LogP contribution in [-0.2, 0) is 22.9 Å². The molecule has 0 bridgehead atoms. The zero-order valence-corrected chi connectivity index (χ0v) is 38.3. The van der Waals surface area contributed by atoms with Crippen LogP contribution in [0.5, 0.6) is 5.75 Å². The summed E-state index contributed by atoms with van der Waals surface area (Å²) >= 11 is 0. The molecule has 314 valence electrons. The lowest BCUT2D eigenvalue weighted by Gasteiger charge is -2.42. The third kappa shape index (κ3) is 4.83. The van der Waals surface area contributed by atoms with E-state index < -0.39 is 0 Å². The van der Waals surface area contributed by atoms with Gasteiger partial charge in [0.1, 0.15) is 23.5 Å². The first-order valence-corrected chi connectivity index (χ1v) is 23.3. The van der Waals surface area contributed by atoms with Gasteiger partial charge in [0.2, 0.25) is 0 Å². The van der Waals surface area contributed by atoms with E-state index in [4.69, 9.17) is 9.15 Å². The Morgan fingerprint density at radius 3 is 2.11 bits per heavy atom. The Morgan fingerprint density at radius 1 is 0.554 bits per heavy atom. The molecule has 4 nitrogen and oxygen atoms in total. The molecule has 3 aliphatic heterocycles. The highest BCUT2D eigenvalue weighted by Gasteiger charge is 2.47. The summed E-state index contributed by atoms with van der Waals surface area (Å²) < 4.78 is 16.1. The molecule has 0 fully saturated rings. The van der Waals surface area contributed by atoms with Crippen molar-refractivity contribution in [2.75, 3.05) is 4.81 Å². The summed E-state index contributed by atoms with van der Waals surface area (Å²) in [5.74, 6) is 0.965. The fourth-order valence-corrected chi connectivity index (χ4v) is 12.2. The highest BCUT2D eigenvalue weighted by atomic mass is 16.5. The van der Waals surface area contributed by atoms with E-state index in [0.29, 0.717) is 6.61 Å². The number of benzene rings is 8. The number of ether oxygens (including phenoxy) is 1. The zero-order valence-electron chi connectivity index (χ0n) is 38.3. The van der Waals surface area contributed by atoms with Gasteiger partial charge < -0.3 is 18.5 Å². The number of hydrogen-bond acceptors (Lipinski definition) is 3. The van der Waals surface area contributed by atoms with Gasteiger partial charge in [0.05, 0.1) is 16.4 Å². The number of fused-ring (bicyclic) bond motifs is 18. The van der Waals surface area contributed by atoms with Crippen molar-refractivity contribution >= 4 is 72.9 Å². The fourth-order valence-electron chi connectivity index (χ4n) is 12.2. The van der Waals surface area contributed by atoms with Crippen LogP contribution in [0.15, 0.2) is 144 Å². The quantitative estimate of drug-likeness (QED) is 0.154. The van der Waals surface area contributed by atoms with Crippen LogP contribution in [0.3, 0.4) is 0 Å².